The number of ketones is 1. The van der Waals surface area contributed by atoms with Gasteiger partial charge in [-0.15, -0.1) is 0 Å². The van der Waals surface area contributed by atoms with Crippen LogP contribution in [-0.2, 0) is 20.1 Å². The summed E-state index contributed by atoms with van der Waals surface area (Å²) in [5.74, 6) is 0.126. The topological polar surface area (TPSA) is 128 Å². The average molecular weight is 467 g/mol. The van der Waals surface area contributed by atoms with Crippen molar-refractivity contribution in [1.29, 1.82) is 0 Å². The van der Waals surface area contributed by atoms with Gasteiger partial charge in [0.15, 0.2) is 16.9 Å². The van der Waals surface area contributed by atoms with Crippen LogP contribution in [0, 0.1) is 0 Å². The number of carbonyl (C=O) groups excluding carboxylic acids is 1. The maximum Gasteiger partial charge on any atom is 0.332 e. The molecular formula is C24H30N6O4. The molecule has 0 radical (unpaired) electrons. The normalized spacial score (nSPS) is 18.3. The summed E-state index contributed by atoms with van der Waals surface area (Å²) in [6, 6.07) is 8.31. The lowest BCUT2D eigenvalue weighted by molar-refractivity contribution is 0.0969. The molecule has 3 heterocycles. The first kappa shape index (κ1) is 23.7. The van der Waals surface area contributed by atoms with Crippen molar-refractivity contribution in [3.63, 3.8) is 0 Å². The SMILES string of the molecule is CC(C)=CCn1c(N2CC(N)CC(O)C2)nc2c1c(=O)n(CC(=O)c1ccccc1)c(=O)n2C. The third-order valence-corrected chi connectivity index (χ3v) is 6.04. The number of imidazole rings is 1. The Morgan fingerprint density at radius 2 is 1.88 bits per heavy atom. The fraction of sp³-hybridized carbons (Fsp3) is 0.417. The number of aliphatic hydroxyl groups excluding tert-OH is 1. The number of benzene rings is 1. The zero-order valence-corrected chi connectivity index (χ0v) is 19.6. The molecule has 1 saturated heterocycles. The molecule has 180 valence electrons. The molecule has 34 heavy (non-hydrogen) atoms. The van der Waals surface area contributed by atoms with Crippen LogP contribution < -0.4 is 21.9 Å². The summed E-state index contributed by atoms with van der Waals surface area (Å²) < 4.78 is 3.98. The number of piperidine rings is 1. The summed E-state index contributed by atoms with van der Waals surface area (Å²) in [6.07, 6.45) is 1.82. The number of rotatable bonds is 6. The molecule has 3 aromatic rings. The second-order valence-electron chi connectivity index (χ2n) is 9.05. The minimum absolute atomic E-state index is 0.226. The molecule has 4 rings (SSSR count). The second-order valence-corrected chi connectivity index (χ2v) is 9.05. The van der Waals surface area contributed by atoms with Gasteiger partial charge < -0.3 is 20.3 Å². The third-order valence-electron chi connectivity index (χ3n) is 6.04. The van der Waals surface area contributed by atoms with Crippen LogP contribution in [0.3, 0.4) is 0 Å². The first-order chi connectivity index (χ1) is 16.2. The molecular weight excluding hydrogens is 436 g/mol. The number of β-amino-alcohol motifs (C(OH)–C–C–N with tert-alkyl or cyclic N) is 1. The Morgan fingerprint density at radius 3 is 2.53 bits per heavy atom. The first-order valence-corrected chi connectivity index (χ1v) is 11.3. The van der Waals surface area contributed by atoms with Crippen LogP contribution in [0.1, 0.15) is 30.6 Å². The Kier molecular flexibility index (Phi) is 6.54. The molecule has 0 aliphatic carbocycles. The van der Waals surface area contributed by atoms with Crippen molar-refractivity contribution in [2.24, 2.45) is 12.8 Å². The fourth-order valence-corrected chi connectivity index (χ4v) is 4.32. The van der Waals surface area contributed by atoms with E-state index in [-0.39, 0.29) is 29.5 Å². The quantitative estimate of drug-likeness (QED) is 0.403. The number of carbonyl (C=O) groups is 1. The summed E-state index contributed by atoms with van der Waals surface area (Å²) in [5.41, 5.74) is 6.86. The predicted octanol–water partition coefficient (Wildman–Crippen LogP) is 0.644. The van der Waals surface area contributed by atoms with Gasteiger partial charge in [0, 0.05) is 38.3 Å². The highest BCUT2D eigenvalue weighted by molar-refractivity contribution is 5.95. The maximum absolute atomic E-state index is 13.6. The van der Waals surface area contributed by atoms with E-state index in [4.69, 9.17) is 5.73 Å². The smallest absolute Gasteiger partial charge is 0.332 e. The minimum Gasteiger partial charge on any atom is -0.391 e. The number of Topliss-reactive ketones (excluding diaryl/α,β-unsaturated/α-hetero) is 1. The van der Waals surface area contributed by atoms with Crippen LogP contribution in [0.2, 0.25) is 0 Å². The number of anilines is 1. The standard InChI is InChI=1S/C24H30N6O4/c1-15(2)9-10-29-20-21(26-23(29)28-12-17(25)11-18(31)13-28)27(3)24(34)30(22(20)33)14-19(32)16-7-5-4-6-8-16/h4-9,17-18,31H,10-14,25H2,1-3H3. The number of nitrogens with zero attached hydrogens (tertiary/aromatic N) is 5. The molecule has 1 fully saturated rings. The summed E-state index contributed by atoms with van der Waals surface area (Å²) in [6.45, 7) is 4.65. The van der Waals surface area contributed by atoms with E-state index in [9.17, 15) is 19.5 Å². The Morgan fingerprint density at radius 1 is 1.18 bits per heavy atom. The Hall–Kier alpha value is -3.50. The van der Waals surface area contributed by atoms with E-state index >= 15 is 0 Å². The van der Waals surface area contributed by atoms with Crippen LogP contribution >= 0.6 is 0 Å². The average Bonchev–Trinajstić information content (AvgIpc) is 3.18. The summed E-state index contributed by atoms with van der Waals surface area (Å²) >= 11 is 0. The van der Waals surface area contributed by atoms with Crippen LogP contribution in [0.25, 0.3) is 11.2 Å². The lowest BCUT2D eigenvalue weighted by Gasteiger charge is -2.34. The summed E-state index contributed by atoms with van der Waals surface area (Å²) in [4.78, 5) is 45.9. The van der Waals surface area contributed by atoms with Crippen molar-refractivity contribution in [1.82, 2.24) is 18.7 Å². The van der Waals surface area contributed by atoms with E-state index in [0.717, 1.165) is 10.1 Å². The zero-order valence-electron chi connectivity index (χ0n) is 19.6. The summed E-state index contributed by atoms with van der Waals surface area (Å²) in [7, 11) is 1.53. The molecule has 0 saturated carbocycles. The van der Waals surface area contributed by atoms with E-state index in [2.05, 4.69) is 4.98 Å². The largest absolute Gasteiger partial charge is 0.391 e. The highest BCUT2D eigenvalue weighted by Crippen LogP contribution is 2.23. The van der Waals surface area contributed by atoms with Crippen molar-refractivity contribution in [3.05, 3.63) is 68.4 Å². The van der Waals surface area contributed by atoms with E-state index in [0.29, 0.717) is 37.6 Å². The fourth-order valence-electron chi connectivity index (χ4n) is 4.32. The van der Waals surface area contributed by atoms with Gasteiger partial charge in [0.25, 0.3) is 5.56 Å². The molecule has 0 amide bonds. The molecule has 3 N–H and O–H groups in total. The number of allylic oxidation sites excluding steroid dienone is 2. The number of aromatic nitrogens is 4. The van der Waals surface area contributed by atoms with Gasteiger partial charge in [0.05, 0.1) is 12.6 Å². The number of nitrogens with two attached hydrogens (primary N) is 1. The van der Waals surface area contributed by atoms with E-state index < -0.39 is 17.4 Å². The highest BCUT2D eigenvalue weighted by Gasteiger charge is 2.29. The molecule has 10 heteroatoms. The third kappa shape index (κ3) is 4.46. The number of hydrogen-bond donors (Lipinski definition) is 2. The predicted molar refractivity (Wildman–Crippen MR) is 130 cm³/mol. The van der Waals surface area contributed by atoms with Crippen LogP contribution in [0.4, 0.5) is 5.95 Å². The first-order valence-electron chi connectivity index (χ1n) is 11.3. The maximum atomic E-state index is 13.6. The molecule has 2 aromatic heterocycles. The van der Waals surface area contributed by atoms with Gasteiger partial charge in [-0.1, -0.05) is 42.0 Å². The monoisotopic (exact) mass is 466 g/mol. The number of aliphatic hydroxyl groups is 1. The van der Waals surface area contributed by atoms with Gasteiger partial charge in [0.2, 0.25) is 5.95 Å². The highest BCUT2D eigenvalue weighted by atomic mass is 16.3. The van der Waals surface area contributed by atoms with Crippen LogP contribution in [-0.4, -0.2) is 54.8 Å². The number of hydrogen-bond acceptors (Lipinski definition) is 7. The van der Waals surface area contributed by atoms with Gasteiger partial charge in [-0.25, -0.2) is 4.79 Å². The van der Waals surface area contributed by atoms with Gasteiger partial charge in [-0.05, 0) is 20.3 Å². The van der Waals surface area contributed by atoms with Crippen LogP contribution in [0.5, 0.6) is 0 Å². The minimum atomic E-state index is -0.621. The zero-order chi connectivity index (χ0) is 24.6. The lowest BCUT2D eigenvalue weighted by Crippen LogP contribution is -2.50. The molecule has 1 aromatic carbocycles. The summed E-state index contributed by atoms with van der Waals surface area (Å²) in [5, 5.41) is 10.3. The van der Waals surface area contributed by atoms with Crippen molar-refractivity contribution in [2.45, 2.75) is 45.5 Å². The van der Waals surface area contributed by atoms with Crippen molar-refractivity contribution in [3.8, 4) is 0 Å². The molecule has 2 atom stereocenters. The van der Waals surface area contributed by atoms with Gasteiger partial charge in [-0.3, -0.25) is 18.7 Å². The van der Waals surface area contributed by atoms with Crippen LogP contribution in [0.15, 0.2) is 51.6 Å². The number of fused-ring (bicyclic) bond motifs is 1. The second kappa shape index (κ2) is 9.40. The van der Waals surface area contributed by atoms with Crippen molar-refractivity contribution in [2.75, 3.05) is 18.0 Å². The molecule has 1 aliphatic heterocycles. The van der Waals surface area contributed by atoms with Gasteiger partial charge in [0.1, 0.15) is 0 Å². The van der Waals surface area contributed by atoms with E-state index in [1.807, 2.05) is 24.8 Å². The lowest BCUT2D eigenvalue weighted by atomic mass is 10.0. The van der Waals surface area contributed by atoms with E-state index in [1.54, 1.807) is 34.9 Å². The van der Waals surface area contributed by atoms with Gasteiger partial charge >= 0.3 is 5.69 Å². The van der Waals surface area contributed by atoms with Gasteiger partial charge in [-0.2, -0.15) is 4.98 Å². The van der Waals surface area contributed by atoms with Crippen molar-refractivity contribution < 1.29 is 9.90 Å². The van der Waals surface area contributed by atoms with E-state index in [1.165, 1.54) is 11.6 Å². The molecule has 10 nitrogen and oxygen atoms in total. The molecule has 1 aliphatic rings. The molecule has 0 bridgehead atoms. The molecule has 0 spiro atoms. The van der Waals surface area contributed by atoms with Crippen molar-refractivity contribution >= 4 is 22.9 Å². The number of aryl methyl sites for hydroxylation is 1. The Labute approximate surface area is 196 Å². The Bertz CT molecular complexity index is 1350. The Balaban J connectivity index is 1.89. The molecule has 2 unspecified atom stereocenters.